The maximum Gasteiger partial charge on any atom is 0.0657 e. The number of aliphatic hydroxyl groups is 1. The van der Waals surface area contributed by atoms with E-state index in [2.05, 4.69) is 26.1 Å². The summed E-state index contributed by atoms with van der Waals surface area (Å²) in [6.07, 6.45) is 4.72. The zero-order chi connectivity index (χ0) is 12.2. The highest BCUT2D eigenvalue weighted by Gasteiger charge is 2.53. The molecule has 96 valence electrons. The molecule has 1 fully saturated rings. The normalized spacial score (nSPS) is 29.8. The van der Waals surface area contributed by atoms with Gasteiger partial charge >= 0.3 is 0 Å². The van der Waals surface area contributed by atoms with Crippen LogP contribution in [-0.2, 0) is 4.74 Å². The molecule has 2 N–H and O–H groups in total. The Bertz CT molecular complexity index is 200. The van der Waals surface area contributed by atoms with Crippen LogP contribution in [0.25, 0.3) is 0 Å². The number of ether oxygens (including phenoxy) is 1. The van der Waals surface area contributed by atoms with E-state index in [-0.39, 0.29) is 18.1 Å². The van der Waals surface area contributed by atoms with Gasteiger partial charge < -0.3 is 15.2 Å². The van der Waals surface area contributed by atoms with Gasteiger partial charge in [-0.05, 0) is 25.7 Å². The molecule has 0 aromatic rings. The molecule has 1 aliphatic carbocycles. The van der Waals surface area contributed by atoms with E-state index < -0.39 is 0 Å². The van der Waals surface area contributed by atoms with Crippen LogP contribution in [0.1, 0.15) is 46.5 Å². The molecule has 0 aliphatic heterocycles. The predicted molar refractivity (Wildman–Crippen MR) is 66.5 cm³/mol. The van der Waals surface area contributed by atoms with Crippen LogP contribution < -0.4 is 5.32 Å². The molecule has 3 heteroatoms. The summed E-state index contributed by atoms with van der Waals surface area (Å²) in [5.41, 5.74) is 0.275. The average Bonchev–Trinajstić information content (AvgIpc) is 2.30. The van der Waals surface area contributed by atoms with Crippen molar-refractivity contribution in [2.75, 3.05) is 13.7 Å². The Balaban J connectivity index is 2.61. The van der Waals surface area contributed by atoms with Crippen molar-refractivity contribution >= 4 is 0 Å². The number of aliphatic hydroxyl groups excluding tert-OH is 1. The minimum atomic E-state index is 0.230. The molecule has 0 bridgehead atoms. The molecule has 16 heavy (non-hydrogen) atoms. The van der Waals surface area contributed by atoms with Crippen molar-refractivity contribution in [3.05, 3.63) is 0 Å². The van der Waals surface area contributed by atoms with Crippen molar-refractivity contribution in [3.8, 4) is 0 Å². The maximum absolute atomic E-state index is 9.24. The topological polar surface area (TPSA) is 41.5 Å². The van der Waals surface area contributed by atoms with Gasteiger partial charge in [-0.15, -0.1) is 0 Å². The van der Waals surface area contributed by atoms with Gasteiger partial charge in [-0.2, -0.15) is 0 Å². The predicted octanol–water partition coefficient (Wildman–Crippen LogP) is 1.94. The van der Waals surface area contributed by atoms with Gasteiger partial charge in [0.1, 0.15) is 0 Å². The third-order valence-corrected chi connectivity index (χ3v) is 4.54. The van der Waals surface area contributed by atoms with Crippen molar-refractivity contribution in [3.63, 3.8) is 0 Å². The number of hydrogen-bond acceptors (Lipinski definition) is 3. The largest absolute Gasteiger partial charge is 0.395 e. The first-order valence-electron chi connectivity index (χ1n) is 6.58. The first-order valence-corrected chi connectivity index (χ1v) is 6.58. The number of hydrogen-bond donors (Lipinski definition) is 2. The van der Waals surface area contributed by atoms with Crippen LogP contribution >= 0.6 is 0 Å². The highest BCUT2D eigenvalue weighted by atomic mass is 16.5. The molecule has 0 spiro atoms. The molecule has 1 rings (SSSR count). The monoisotopic (exact) mass is 229 g/mol. The summed E-state index contributed by atoms with van der Waals surface area (Å²) in [7, 11) is 1.81. The summed E-state index contributed by atoms with van der Waals surface area (Å²) in [5, 5.41) is 12.8. The van der Waals surface area contributed by atoms with Gasteiger partial charge in [-0.25, -0.2) is 0 Å². The van der Waals surface area contributed by atoms with Crippen molar-refractivity contribution in [2.45, 2.75) is 64.6 Å². The molecule has 3 atom stereocenters. The highest BCUT2D eigenvalue weighted by molar-refractivity contribution is 5.07. The molecule has 1 saturated carbocycles. The van der Waals surface area contributed by atoms with Crippen LogP contribution in [0.5, 0.6) is 0 Å². The molecule has 0 aromatic carbocycles. The Morgan fingerprint density at radius 1 is 1.38 bits per heavy atom. The van der Waals surface area contributed by atoms with Gasteiger partial charge in [0.15, 0.2) is 0 Å². The van der Waals surface area contributed by atoms with Crippen molar-refractivity contribution in [1.82, 2.24) is 5.32 Å². The van der Waals surface area contributed by atoms with Gasteiger partial charge in [-0.3, -0.25) is 0 Å². The van der Waals surface area contributed by atoms with Gasteiger partial charge in [0, 0.05) is 24.6 Å². The SMILES string of the molecule is CCC(CO)NC1CC(OC)C1(CC)CC. The van der Waals surface area contributed by atoms with Crippen LogP contribution in [0.3, 0.4) is 0 Å². The molecule has 1 aliphatic rings. The summed E-state index contributed by atoms with van der Waals surface area (Å²) < 4.78 is 5.56. The minimum Gasteiger partial charge on any atom is -0.395 e. The molecule has 0 amide bonds. The van der Waals surface area contributed by atoms with Crippen LogP contribution in [-0.4, -0.2) is 37.0 Å². The standard InChI is InChI=1S/C13H27NO2/c1-5-10(9-15)14-11-8-12(16-4)13(11,6-2)7-3/h10-12,14-15H,5-9H2,1-4H3. The molecular formula is C13H27NO2. The van der Waals surface area contributed by atoms with E-state index in [4.69, 9.17) is 4.74 Å². The Labute approximate surface area is 99.6 Å². The fourth-order valence-corrected chi connectivity index (χ4v) is 3.09. The average molecular weight is 229 g/mol. The maximum atomic E-state index is 9.24. The molecule has 3 unspecified atom stereocenters. The quantitative estimate of drug-likeness (QED) is 0.701. The number of rotatable bonds is 7. The highest BCUT2D eigenvalue weighted by Crippen LogP contribution is 2.48. The zero-order valence-electron chi connectivity index (χ0n) is 11.1. The number of nitrogens with one attached hydrogen (secondary N) is 1. The van der Waals surface area contributed by atoms with Gasteiger partial charge in [0.2, 0.25) is 0 Å². The molecule has 0 saturated heterocycles. The Morgan fingerprint density at radius 3 is 2.38 bits per heavy atom. The fraction of sp³-hybridized carbons (Fsp3) is 1.00. The third-order valence-electron chi connectivity index (χ3n) is 4.54. The summed E-state index contributed by atoms with van der Waals surface area (Å²) in [4.78, 5) is 0. The van der Waals surface area contributed by atoms with Gasteiger partial charge in [0.25, 0.3) is 0 Å². The van der Waals surface area contributed by atoms with Crippen LogP contribution in [0.2, 0.25) is 0 Å². The van der Waals surface area contributed by atoms with E-state index in [1.807, 2.05) is 7.11 Å². The van der Waals surface area contributed by atoms with Crippen molar-refractivity contribution in [1.29, 1.82) is 0 Å². The third kappa shape index (κ3) is 2.27. The molecule has 0 radical (unpaired) electrons. The first kappa shape index (κ1) is 13.9. The Kier molecular flexibility index (Phi) is 5.22. The fourth-order valence-electron chi connectivity index (χ4n) is 3.09. The molecular weight excluding hydrogens is 202 g/mol. The molecule has 3 nitrogen and oxygen atoms in total. The summed E-state index contributed by atoms with van der Waals surface area (Å²) in [6.45, 7) is 6.82. The minimum absolute atomic E-state index is 0.230. The van der Waals surface area contributed by atoms with E-state index in [1.54, 1.807) is 0 Å². The van der Waals surface area contributed by atoms with E-state index in [0.717, 1.165) is 25.7 Å². The van der Waals surface area contributed by atoms with Crippen LogP contribution in [0.4, 0.5) is 0 Å². The Hall–Kier alpha value is -0.120. The van der Waals surface area contributed by atoms with E-state index >= 15 is 0 Å². The van der Waals surface area contributed by atoms with Crippen molar-refractivity contribution < 1.29 is 9.84 Å². The van der Waals surface area contributed by atoms with Crippen molar-refractivity contribution in [2.24, 2.45) is 5.41 Å². The van der Waals surface area contributed by atoms with Crippen LogP contribution in [0, 0.1) is 5.41 Å². The molecule has 0 aromatic heterocycles. The lowest BCUT2D eigenvalue weighted by Gasteiger charge is -2.56. The second kappa shape index (κ2) is 5.99. The van der Waals surface area contributed by atoms with E-state index in [1.165, 1.54) is 0 Å². The summed E-state index contributed by atoms with van der Waals surface area (Å²) in [6, 6.07) is 0.741. The summed E-state index contributed by atoms with van der Waals surface area (Å²) >= 11 is 0. The second-order valence-electron chi connectivity index (χ2n) is 4.91. The lowest BCUT2D eigenvalue weighted by Crippen LogP contribution is -2.65. The summed E-state index contributed by atoms with van der Waals surface area (Å²) in [5.74, 6) is 0. The van der Waals surface area contributed by atoms with E-state index in [9.17, 15) is 5.11 Å². The molecule has 0 heterocycles. The second-order valence-corrected chi connectivity index (χ2v) is 4.91. The number of methoxy groups -OCH3 is 1. The lowest BCUT2D eigenvalue weighted by molar-refractivity contribution is -0.127. The first-order chi connectivity index (χ1) is 7.68. The smallest absolute Gasteiger partial charge is 0.0657 e. The Morgan fingerprint density at radius 2 is 2.00 bits per heavy atom. The van der Waals surface area contributed by atoms with Gasteiger partial charge in [0.05, 0.1) is 12.7 Å². The van der Waals surface area contributed by atoms with Crippen LogP contribution in [0.15, 0.2) is 0 Å². The van der Waals surface area contributed by atoms with Gasteiger partial charge in [-0.1, -0.05) is 20.8 Å². The zero-order valence-corrected chi connectivity index (χ0v) is 11.1. The lowest BCUT2D eigenvalue weighted by atomic mass is 9.58. The van der Waals surface area contributed by atoms with E-state index in [0.29, 0.717) is 12.1 Å².